The molecule has 0 heterocycles. The summed E-state index contributed by atoms with van der Waals surface area (Å²) in [6, 6.07) is 3.98. The van der Waals surface area contributed by atoms with Crippen molar-refractivity contribution >= 4 is 29.1 Å². The number of rotatable bonds is 6. The lowest BCUT2D eigenvalue weighted by molar-refractivity contribution is -0.384. The molecule has 7 nitrogen and oxygen atoms in total. The van der Waals surface area contributed by atoms with E-state index in [0.717, 1.165) is 0 Å². The number of nitrogens with two attached hydrogens (primary N) is 1. The summed E-state index contributed by atoms with van der Waals surface area (Å²) in [4.78, 5) is 32.3. The lowest BCUT2D eigenvalue weighted by Crippen LogP contribution is -2.26. The van der Waals surface area contributed by atoms with Gasteiger partial charge in [-0.3, -0.25) is 19.7 Å². The molecule has 0 atom stereocenters. The molecular weight excluding hydrogens is 274 g/mol. The molecule has 0 bridgehead atoms. The van der Waals surface area contributed by atoms with Crippen LogP contribution < -0.4 is 11.1 Å². The second-order valence-electron chi connectivity index (χ2n) is 3.72. The van der Waals surface area contributed by atoms with Crippen molar-refractivity contribution in [3.63, 3.8) is 0 Å². The largest absolute Gasteiger partial charge is 0.370 e. The third-order valence-electron chi connectivity index (χ3n) is 2.31. The van der Waals surface area contributed by atoms with Crippen LogP contribution in [0.5, 0.6) is 0 Å². The van der Waals surface area contributed by atoms with Gasteiger partial charge in [0.1, 0.15) is 5.02 Å². The third kappa shape index (κ3) is 4.22. The van der Waals surface area contributed by atoms with Gasteiger partial charge in [-0.2, -0.15) is 0 Å². The zero-order valence-electron chi connectivity index (χ0n) is 9.89. The van der Waals surface area contributed by atoms with E-state index in [4.69, 9.17) is 17.3 Å². The quantitative estimate of drug-likeness (QED) is 0.465. The van der Waals surface area contributed by atoms with E-state index in [2.05, 4.69) is 5.32 Å². The van der Waals surface area contributed by atoms with Gasteiger partial charge in [0.15, 0.2) is 0 Å². The summed E-state index contributed by atoms with van der Waals surface area (Å²) in [6.07, 6.45) is 0.552. The van der Waals surface area contributed by atoms with Gasteiger partial charge in [0, 0.05) is 19.0 Å². The van der Waals surface area contributed by atoms with E-state index in [9.17, 15) is 19.7 Å². The second kappa shape index (κ2) is 6.69. The van der Waals surface area contributed by atoms with Crippen molar-refractivity contribution in [2.24, 2.45) is 5.73 Å². The lowest BCUT2D eigenvalue weighted by atomic mass is 10.2. The summed E-state index contributed by atoms with van der Waals surface area (Å²) in [6.45, 7) is 0.237. The van der Waals surface area contributed by atoms with Crippen molar-refractivity contribution in [3.8, 4) is 0 Å². The topological polar surface area (TPSA) is 115 Å². The zero-order valence-corrected chi connectivity index (χ0v) is 10.6. The number of nitrogens with zero attached hydrogens (tertiary/aromatic N) is 1. The first-order chi connectivity index (χ1) is 8.93. The Morgan fingerprint density at radius 1 is 1.42 bits per heavy atom. The first-order valence-corrected chi connectivity index (χ1v) is 5.80. The first-order valence-electron chi connectivity index (χ1n) is 5.43. The number of hydrogen-bond donors (Lipinski definition) is 2. The molecule has 102 valence electrons. The van der Waals surface area contributed by atoms with E-state index in [1.165, 1.54) is 18.2 Å². The predicted molar refractivity (Wildman–Crippen MR) is 68.9 cm³/mol. The van der Waals surface area contributed by atoms with Crippen molar-refractivity contribution in [1.29, 1.82) is 0 Å². The second-order valence-corrected chi connectivity index (χ2v) is 4.10. The summed E-state index contributed by atoms with van der Waals surface area (Å²) >= 11 is 5.79. The first kappa shape index (κ1) is 14.9. The van der Waals surface area contributed by atoms with Gasteiger partial charge < -0.3 is 11.1 Å². The van der Waals surface area contributed by atoms with Crippen LogP contribution in [0.1, 0.15) is 23.2 Å². The minimum Gasteiger partial charge on any atom is -0.370 e. The minimum atomic E-state index is -0.661. The van der Waals surface area contributed by atoms with Gasteiger partial charge in [-0.05, 0) is 12.5 Å². The Morgan fingerprint density at radius 3 is 2.68 bits per heavy atom. The number of nitrogens with one attached hydrogen (secondary N) is 1. The number of carbonyl (C=O) groups is 2. The fraction of sp³-hybridized carbons (Fsp3) is 0.273. The van der Waals surface area contributed by atoms with Crippen LogP contribution in [0.2, 0.25) is 5.02 Å². The van der Waals surface area contributed by atoms with Gasteiger partial charge in [-0.1, -0.05) is 17.7 Å². The molecule has 0 spiro atoms. The van der Waals surface area contributed by atoms with Crippen LogP contribution in [0.3, 0.4) is 0 Å². The van der Waals surface area contributed by atoms with E-state index < -0.39 is 16.7 Å². The Balaban J connectivity index is 2.70. The molecule has 0 aromatic heterocycles. The Hall–Kier alpha value is -2.15. The van der Waals surface area contributed by atoms with Gasteiger partial charge in [-0.15, -0.1) is 0 Å². The summed E-state index contributed by atoms with van der Waals surface area (Å²) < 4.78 is 0. The minimum absolute atomic E-state index is 0.0231. The highest BCUT2D eigenvalue weighted by Crippen LogP contribution is 2.27. The number of primary amides is 1. The highest BCUT2D eigenvalue weighted by atomic mass is 35.5. The number of benzene rings is 1. The molecule has 0 saturated heterocycles. The fourth-order valence-electron chi connectivity index (χ4n) is 1.40. The Kier molecular flexibility index (Phi) is 5.25. The SMILES string of the molecule is NC(=O)CCCNC(=O)c1cccc([N+](=O)[O-])c1Cl. The molecule has 2 amide bonds. The molecule has 0 fully saturated rings. The van der Waals surface area contributed by atoms with Crippen LogP contribution in [0.15, 0.2) is 18.2 Å². The molecule has 0 aliphatic heterocycles. The maximum Gasteiger partial charge on any atom is 0.288 e. The summed E-state index contributed by atoms with van der Waals surface area (Å²) in [5, 5.41) is 13.0. The fourth-order valence-corrected chi connectivity index (χ4v) is 1.68. The highest BCUT2D eigenvalue weighted by Gasteiger charge is 2.19. The number of nitro benzene ring substituents is 1. The van der Waals surface area contributed by atoms with Crippen LogP contribution in [-0.2, 0) is 4.79 Å². The molecule has 0 aliphatic rings. The Bertz CT molecular complexity index is 519. The molecule has 1 aromatic carbocycles. The van der Waals surface area contributed by atoms with Crippen molar-refractivity contribution in [3.05, 3.63) is 38.9 Å². The maximum atomic E-state index is 11.8. The van der Waals surface area contributed by atoms with Crippen LogP contribution in [0, 0.1) is 10.1 Å². The maximum absolute atomic E-state index is 11.8. The molecular formula is C11H12ClN3O4. The average Bonchev–Trinajstić information content (AvgIpc) is 2.34. The van der Waals surface area contributed by atoms with Crippen LogP contribution in [-0.4, -0.2) is 23.3 Å². The van der Waals surface area contributed by atoms with Gasteiger partial charge in [-0.25, -0.2) is 0 Å². The van der Waals surface area contributed by atoms with Crippen molar-refractivity contribution in [2.75, 3.05) is 6.54 Å². The van der Waals surface area contributed by atoms with Crippen LogP contribution >= 0.6 is 11.6 Å². The number of carbonyl (C=O) groups excluding carboxylic acids is 2. The standard InChI is InChI=1S/C11H12ClN3O4/c12-10-7(3-1-4-8(10)15(18)19)11(17)14-6-2-5-9(13)16/h1,3-4H,2,5-6H2,(H2,13,16)(H,14,17). The molecule has 0 aliphatic carbocycles. The molecule has 0 radical (unpaired) electrons. The monoisotopic (exact) mass is 285 g/mol. The number of hydrogen-bond acceptors (Lipinski definition) is 4. The van der Waals surface area contributed by atoms with Crippen molar-refractivity contribution in [1.82, 2.24) is 5.32 Å². The Labute approximate surface area is 113 Å². The van der Waals surface area contributed by atoms with E-state index in [-0.39, 0.29) is 29.2 Å². The molecule has 0 saturated carbocycles. The van der Waals surface area contributed by atoms with E-state index in [1.807, 2.05) is 0 Å². The smallest absolute Gasteiger partial charge is 0.288 e. The Morgan fingerprint density at radius 2 is 2.11 bits per heavy atom. The number of nitro groups is 1. The summed E-state index contributed by atoms with van der Waals surface area (Å²) in [5.74, 6) is -0.985. The van der Waals surface area contributed by atoms with E-state index in [1.54, 1.807) is 0 Å². The van der Waals surface area contributed by atoms with E-state index >= 15 is 0 Å². The number of halogens is 1. The summed E-state index contributed by atoms with van der Waals surface area (Å²) in [7, 11) is 0. The van der Waals surface area contributed by atoms with Crippen LogP contribution in [0.4, 0.5) is 5.69 Å². The van der Waals surface area contributed by atoms with Gasteiger partial charge in [0.2, 0.25) is 5.91 Å². The van der Waals surface area contributed by atoms with Gasteiger partial charge >= 0.3 is 0 Å². The average molecular weight is 286 g/mol. The highest BCUT2D eigenvalue weighted by molar-refractivity contribution is 6.35. The molecule has 8 heteroatoms. The normalized spacial score (nSPS) is 9.95. The third-order valence-corrected chi connectivity index (χ3v) is 2.70. The zero-order chi connectivity index (χ0) is 14.4. The van der Waals surface area contributed by atoms with Gasteiger partial charge in [0.05, 0.1) is 10.5 Å². The molecule has 0 unspecified atom stereocenters. The van der Waals surface area contributed by atoms with Crippen molar-refractivity contribution < 1.29 is 14.5 Å². The van der Waals surface area contributed by atoms with Crippen LogP contribution in [0.25, 0.3) is 0 Å². The van der Waals surface area contributed by atoms with E-state index in [0.29, 0.717) is 6.42 Å². The van der Waals surface area contributed by atoms with Gasteiger partial charge in [0.25, 0.3) is 11.6 Å². The molecule has 3 N–H and O–H groups in total. The molecule has 19 heavy (non-hydrogen) atoms. The molecule has 1 aromatic rings. The molecule has 1 rings (SSSR count). The lowest BCUT2D eigenvalue weighted by Gasteiger charge is -2.06. The number of amides is 2. The summed E-state index contributed by atoms with van der Waals surface area (Å²) in [5.41, 5.74) is 4.65. The predicted octanol–water partition coefficient (Wildman–Crippen LogP) is 1.24. The van der Waals surface area contributed by atoms with Crippen molar-refractivity contribution in [2.45, 2.75) is 12.8 Å².